The molecule has 0 bridgehead atoms. The third-order valence-corrected chi connectivity index (χ3v) is 6.24. The van der Waals surface area contributed by atoms with Crippen molar-refractivity contribution in [2.24, 2.45) is 10.6 Å². The third-order valence-electron chi connectivity index (χ3n) is 5.31. The highest BCUT2D eigenvalue weighted by molar-refractivity contribution is 7.89. The van der Waals surface area contributed by atoms with Crippen LogP contribution in [0.4, 0.5) is 4.39 Å². The number of allylic oxidation sites excluding steroid dienone is 2. The lowest BCUT2D eigenvalue weighted by molar-refractivity contribution is 0.539. The minimum Gasteiger partial charge on any atom is -0.225 e. The van der Waals surface area contributed by atoms with Gasteiger partial charge < -0.3 is 0 Å². The SMILES string of the molecule is NS(=O)(=O)c1ccc(C2CC23CC=C(c2ccc(F)cc2)C3)cc1. The quantitative estimate of drug-likeness (QED) is 0.921. The molecule has 2 aliphatic rings. The Balaban J connectivity index is 1.50. The zero-order valence-electron chi connectivity index (χ0n) is 13.1. The molecular weight excluding hydrogens is 325 g/mol. The Bertz CT molecular complexity index is 917. The van der Waals surface area contributed by atoms with E-state index in [1.807, 2.05) is 24.3 Å². The molecule has 2 N–H and O–H groups in total. The summed E-state index contributed by atoms with van der Waals surface area (Å²) < 4.78 is 35.8. The number of sulfonamides is 1. The fraction of sp³-hybridized carbons (Fsp3) is 0.263. The van der Waals surface area contributed by atoms with Crippen LogP contribution in [0.25, 0.3) is 5.57 Å². The van der Waals surface area contributed by atoms with Crippen molar-refractivity contribution in [1.29, 1.82) is 0 Å². The topological polar surface area (TPSA) is 60.2 Å². The predicted octanol–water partition coefficient (Wildman–Crippen LogP) is 3.82. The summed E-state index contributed by atoms with van der Waals surface area (Å²) in [7, 11) is -3.64. The second kappa shape index (κ2) is 5.26. The first kappa shape index (κ1) is 15.5. The molecule has 2 aromatic rings. The highest BCUT2D eigenvalue weighted by atomic mass is 32.2. The Morgan fingerprint density at radius 3 is 2.33 bits per heavy atom. The van der Waals surface area contributed by atoms with Gasteiger partial charge in [-0.2, -0.15) is 0 Å². The summed E-state index contributed by atoms with van der Waals surface area (Å²) >= 11 is 0. The maximum Gasteiger partial charge on any atom is 0.238 e. The molecular formula is C19H18FNO2S. The number of hydrogen-bond donors (Lipinski definition) is 1. The van der Waals surface area contributed by atoms with Gasteiger partial charge in [-0.05, 0) is 71.6 Å². The fourth-order valence-corrected chi connectivity index (χ4v) is 4.38. The minimum absolute atomic E-state index is 0.150. The van der Waals surface area contributed by atoms with Crippen molar-refractivity contribution in [1.82, 2.24) is 0 Å². The van der Waals surface area contributed by atoms with Gasteiger partial charge >= 0.3 is 0 Å². The van der Waals surface area contributed by atoms with Crippen LogP contribution >= 0.6 is 0 Å². The molecule has 24 heavy (non-hydrogen) atoms. The van der Waals surface area contributed by atoms with Gasteiger partial charge in [-0.25, -0.2) is 17.9 Å². The van der Waals surface area contributed by atoms with Crippen LogP contribution in [0.2, 0.25) is 0 Å². The summed E-state index contributed by atoms with van der Waals surface area (Å²) in [6.45, 7) is 0. The van der Waals surface area contributed by atoms with Crippen molar-refractivity contribution in [2.75, 3.05) is 0 Å². The monoisotopic (exact) mass is 343 g/mol. The van der Waals surface area contributed by atoms with Crippen LogP contribution in [0.5, 0.6) is 0 Å². The zero-order valence-corrected chi connectivity index (χ0v) is 13.9. The van der Waals surface area contributed by atoms with E-state index in [4.69, 9.17) is 5.14 Å². The van der Waals surface area contributed by atoms with E-state index in [1.54, 1.807) is 12.1 Å². The molecule has 4 rings (SSSR count). The second-order valence-electron chi connectivity index (χ2n) is 6.85. The molecule has 2 unspecified atom stereocenters. The molecule has 5 heteroatoms. The van der Waals surface area contributed by atoms with Crippen molar-refractivity contribution >= 4 is 15.6 Å². The van der Waals surface area contributed by atoms with Gasteiger partial charge in [0.15, 0.2) is 0 Å². The maximum atomic E-state index is 13.1. The van der Waals surface area contributed by atoms with Crippen LogP contribution in [0.3, 0.4) is 0 Å². The van der Waals surface area contributed by atoms with Crippen LogP contribution in [0.1, 0.15) is 36.3 Å². The standard InChI is InChI=1S/C19H18FNO2S/c20-16-5-1-13(2-6-16)15-9-10-19(11-15)12-18(19)14-3-7-17(8-4-14)24(21,22)23/h1-9,18H,10-12H2,(H2,21,22,23). The molecule has 1 fully saturated rings. The molecule has 2 aromatic carbocycles. The molecule has 2 aliphatic carbocycles. The van der Waals surface area contributed by atoms with E-state index in [-0.39, 0.29) is 16.1 Å². The van der Waals surface area contributed by atoms with E-state index in [0.29, 0.717) is 5.92 Å². The Kier molecular flexibility index (Phi) is 3.41. The van der Waals surface area contributed by atoms with Gasteiger partial charge in [-0.3, -0.25) is 0 Å². The van der Waals surface area contributed by atoms with E-state index in [2.05, 4.69) is 6.08 Å². The maximum absolute atomic E-state index is 13.1. The molecule has 0 amide bonds. The van der Waals surface area contributed by atoms with E-state index in [0.717, 1.165) is 30.4 Å². The summed E-state index contributed by atoms with van der Waals surface area (Å²) in [6.07, 6.45) is 5.36. The number of nitrogens with two attached hydrogens (primary N) is 1. The highest BCUT2D eigenvalue weighted by Gasteiger charge is 2.55. The normalized spacial score (nSPS) is 25.8. The van der Waals surface area contributed by atoms with Gasteiger partial charge in [0.25, 0.3) is 0 Å². The van der Waals surface area contributed by atoms with Crippen molar-refractivity contribution in [3.8, 4) is 0 Å². The first-order chi connectivity index (χ1) is 11.4. The van der Waals surface area contributed by atoms with Gasteiger partial charge in [0, 0.05) is 0 Å². The molecule has 2 atom stereocenters. The molecule has 124 valence electrons. The van der Waals surface area contributed by atoms with Crippen molar-refractivity contribution in [3.63, 3.8) is 0 Å². The molecule has 0 radical (unpaired) electrons. The van der Waals surface area contributed by atoms with Crippen LogP contribution in [0, 0.1) is 11.2 Å². The van der Waals surface area contributed by atoms with Gasteiger partial charge in [0.1, 0.15) is 5.82 Å². The molecule has 1 saturated carbocycles. The van der Waals surface area contributed by atoms with Gasteiger partial charge in [-0.1, -0.05) is 30.3 Å². The molecule has 0 saturated heterocycles. The summed E-state index contributed by atoms with van der Waals surface area (Å²) in [5, 5.41) is 5.14. The number of halogens is 1. The lowest BCUT2D eigenvalue weighted by Gasteiger charge is -2.11. The summed E-state index contributed by atoms with van der Waals surface area (Å²) in [4.78, 5) is 0.150. The number of hydrogen-bond acceptors (Lipinski definition) is 2. The van der Waals surface area contributed by atoms with Crippen LogP contribution < -0.4 is 5.14 Å². The first-order valence-corrected chi connectivity index (χ1v) is 9.50. The van der Waals surface area contributed by atoms with E-state index < -0.39 is 10.0 Å². The average molecular weight is 343 g/mol. The average Bonchev–Trinajstić information content (AvgIpc) is 3.08. The predicted molar refractivity (Wildman–Crippen MR) is 91.2 cm³/mol. The molecule has 0 aromatic heterocycles. The first-order valence-electron chi connectivity index (χ1n) is 7.95. The highest BCUT2D eigenvalue weighted by Crippen LogP contribution is 2.68. The fourth-order valence-electron chi connectivity index (χ4n) is 3.86. The summed E-state index contributed by atoms with van der Waals surface area (Å²) in [5.74, 6) is 0.229. The number of rotatable bonds is 3. The lowest BCUT2D eigenvalue weighted by atomic mass is 9.93. The summed E-state index contributed by atoms with van der Waals surface area (Å²) in [5.41, 5.74) is 3.77. The van der Waals surface area contributed by atoms with Crippen LogP contribution in [0.15, 0.2) is 59.5 Å². The van der Waals surface area contributed by atoms with Crippen molar-refractivity contribution in [2.45, 2.75) is 30.1 Å². The smallest absolute Gasteiger partial charge is 0.225 e. The van der Waals surface area contributed by atoms with Gasteiger partial charge in [0.05, 0.1) is 4.90 Å². The second-order valence-corrected chi connectivity index (χ2v) is 8.41. The molecule has 1 spiro atoms. The van der Waals surface area contributed by atoms with E-state index in [1.165, 1.54) is 17.7 Å². The molecule has 3 nitrogen and oxygen atoms in total. The van der Waals surface area contributed by atoms with Crippen molar-refractivity contribution < 1.29 is 12.8 Å². The van der Waals surface area contributed by atoms with Gasteiger partial charge in [0.2, 0.25) is 10.0 Å². The van der Waals surface area contributed by atoms with Crippen LogP contribution in [-0.4, -0.2) is 8.42 Å². The van der Waals surface area contributed by atoms with Crippen molar-refractivity contribution in [3.05, 3.63) is 71.6 Å². The largest absolute Gasteiger partial charge is 0.238 e. The number of primary sulfonamides is 1. The van der Waals surface area contributed by atoms with Gasteiger partial charge in [-0.15, -0.1) is 0 Å². The van der Waals surface area contributed by atoms with Crippen LogP contribution in [-0.2, 0) is 10.0 Å². The van der Waals surface area contributed by atoms with E-state index in [9.17, 15) is 12.8 Å². The third kappa shape index (κ3) is 2.68. The molecule has 0 heterocycles. The summed E-state index contributed by atoms with van der Waals surface area (Å²) in [6, 6.07) is 13.6. The minimum atomic E-state index is -3.64. The Morgan fingerprint density at radius 2 is 1.71 bits per heavy atom. The zero-order chi connectivity index (χ0) is 16.9. The Labute approximate surface area is 141 Å². The lowest BCUT2D eigenvalue weighted by Crippen LogP contribution is -2.11. The Morgan fingerprint density at radius 1 is 1.04 bits per heavy atom. The van der Waals surface area contributed by atoms with E-state index >= 15 is 0 Å². The molecule has 0 aliphatic heterocycles. The Hall–Kier alpha value is -1.98. The number of benzene rings is 2.